The fourth-order valence-electron chi connectivity index (χ4n) is 2.68. The van der Waals surface area contributed by atoms with E-state index < -0.39 is 0 Å². The van der Waals surface area contributed by atoms with Crippen molar-refractivity contribution in [1.82, 2.24) is 29.9 Å². The summed E-state index contributed by atoms with van der Waals surface area (Å²) in [6.45, 7) is 4.06. The summed E-state index contributed by atoms with van der Waals surface area (Å²) in [6, 6.07) is 11.8. The van der Waals surface area contributed by atoms with Crippen LogP contribution in [0.1, 0.15) is 23.6 Å². The molecule has 0 spiro atoms. The van der Waals surface area contributed by atoms with E-state index in [1.54, 1.807) is 12.4 Å². The Bertz CT molecular complexity index is 1060. The van der Waals surface area contributed by atoms with Gasteiger partial charge in [0.1, 0.15) is 0 Å². The van der Waals surface area contributed by atoms with E-state index in [0.29, 0.717) is 11.7 Å². The summed E-state index contributed by atoms with van der Waals surface area (Å²) in [4.78, 5) is 8.59. The predicted molar refractivity (Wildman–Crippen MR) is 103 cm³/mol. The van der Waals surface area contributed by atoms with Crippen molar-refractivity contribution in [1.29, 1.82) is 0 Å². The van der Waals surface area contributed by atoms with Gasteiger partial charge < -0.3 is 9.09 Å². The zero-order valence-electron chi connectivity index (χ0n) is 15.2. The molecule has 4 aromatic rings. The minimum absolute atomic E-state index is 0.0273. The first-order chi connectivity index (χ1) is 13.1. The minimum atomic E-state index is -0.0273. The lowest BCUT2D eigenvalue weighted by Crippen LogP contribution is -1.98. The van der Waals surface area contributed by atoms with E-state index in [-0.39, 0.29) is 5.25 Å². The first-order valence-corrected chi connectivity index (χ1v) is 9.37. The molecule has 0 N–H and O–H groups in total. The van der Waals surface area contributed by atoms with Gasteiger partial charge in [0.05, 0.1) is 5.25 Å². The Morgan fingerprint density at radius 2 is 1.89 bits per heavy atom. The molecule has 0 aliphatic carbocycles. The molecule has 136 valence electrons. The first kappa shape index (κ1) is 17.4. The maximum Gasteiger partial charge on any atom is 0.257 e. The molecule has 3 aromatic heterocycles. The second-order valence-electron chi connectivity index (χ2n) is 6.19. The molecule has 3 heterocycles. The SMILES string of the molecule is Cc1cccc(-c2nc(C(C)Sc3nnc(-c4ccncc4)n3C)no2)c1. The van der Waals surface area contributed by atoms with Crippen molar-refractivity contribution in [3.8, 4) is 22.8 Å². The summed E-state index contributed by atoms with van der Waals surface area (Å²) < 4.78 is 7.40. The van der Waals surface area contributed by atoms with E-state index in [2.05, 4.69) is 25.3 Å². The number of hydrogen-bond acceptors (Lipinski definition) is 7. The quantitative estimate of drug-likeness (QED) is 0.484. The molecular weight excluding hydrogens is 360 g/mol. The number of hydrogen-bond donors (Lipinski definition) is 0. The Hall–Kier alpha value is -3.00. The monoisotopic (exact) mass is 378 g/mol. The van der Waals surface area contributed by atoms with E-state index in [4.69, 9.17) is 4.52 Å². The third-order valence-electron chi connectivity index (χ3n) is 4.13. The molecule has 1 aromatic carbocycles. The van der Waals surface area contributed by atoms with Crippen molar-refractivity contribution in [2.24, 2.45) is 7.05 Å². The average molecular weight is 378 g/mol. The Labute approximate surface area is 160 Å². The highest BCUT2D eigenvalue weighted by molar-refractivity contribution is 7.99. The van der Waals surface area contributed by atoms with Crippen LogP contribution in [0.25, 0.3) is 22.8 Å². The normalized spacial score (nSPS) is 12.3. The van der Waals surface area contributed by atoms with Gasteiger partial charge in [0.25, 0.3) is 5.89 Å². The van der Waals surface area contributed by atoms with Gasteiger partial charge in [0.2, 0.25) is 0 Å². The fraction of sp³-hybridized carbons (Fsp3) is 0.211. The molecule has 0 aliphatic heterocycles. The van der Waals surface area contributed by atoms with Crippen molar-refractivity contribution < 1.29 is 4.52 Å². The molecule has 4 rings (SSSR count). The van der Waals surface area contributed by atoms with Gasteiger partial charge in [-0.25, -0.2) is 0 Å². The van der Waals surface area contributed by atoms with Gasteiger partial charge in [-0.15, -0.1) is 10.2 Å². The second-order valence-corrected chi connectivity index (χ2v) is 7.50. The summed E-state index contributed by atoms with van der Waals surface area (Å²) in [6.07, 6.45) is 3.48. The lowest BCUT2D eigenvalue weighted by Gasteiger charge is -2.06. The van der Waals surface area contributed by atoms with Crippen LogP contribution in [0.15, 0.2) is 58.5 Å². The Morgan fingerprint density at radius 3 is 2.67 bits per heavy atom. The van der Waals surface area contributed by atoms with Crippen molar-refractivity contribution in [3.63, 3.8) is 0 Å². The van der Waals surface area contributed by atoms with Gasteiger partial charge >= 0.3 is 0 Å². The third-order valence-corrected chi connectivity index (χ3v) is 5.26. The van der Waals surface area contributed by atoms with Crippen LogP contribution in [0.4, 0.5) is 0 Å². The van der Waals surface area contributed by atoms with Crippen molar-refractivity contribution in [3.05, 3.63) is 60.2 Å². The highest BCUT2D eigenvalue weighted by Gasteiger charge is 2.20. The number of aryl methyl sites for hydroxylation is 1. The molecule has 0 saturated heterocycles. The van der Waals surface area contributed by atoms with Crippen LogP contribution in [0.2, 0.25) is 0 Å². The first-order valence-electron chi connectivity index (χ1n) is 8.49. The molecule has 0 aliphatic rings. The van der Waals surface area contributed by atoms with E-state index in [9.17, 15) is 0 Å². The highest BCUT2D eigenvalue weighted by Crippen LogP contribution is 2.34. The smallest absolute Gasteiger partial charge is 0.257 e. The van der Waals surface area contributed by atoms with Gasteiger partial charge in [-0.3, -0.25) is 4.98 Å². The van der Waals surface area contributed by atoms with Crippen LogP contribution < -0.4 is 0 Å². The topological polar surface area (TPSA) is 82.5 Å². The number of rotatable bonds is 5. The molecule has 0 radical (unpaired) electrons. The van der Waals surface area contributed by atoms with E-state index in [0.717, 1.165) is 27.7 Å². The van der Waals surface area contributed by atoms with E-state index in [1.807, 2.05) is 61.9 Å². The minimum Gasteiger partial charge on any atom is -0.334 e. The van der Waals surface area contributed by atoms with Gasteiger partial charge in [0.15, 0.2) is 16.8 Å². The summed E-state index contributed by atoms with van der Waals surface area (Å²) in [7, 11) is 1.94. The predicted octanol–water partition coefficient (Wildman–Crippen LogP) is 4.09. The second kappa shape index (κ2) is 7.32. The molecule has 0 bridgehead atoms. The highest BCUT2D eigenvalue weighted by atomic mass is 32.2. The Balaban J connectivity index is 1.53. The molecule has 7 nitrogen and oxygen atoms in total. The van der Waals surface area contributed by atoms with Gasteiger partial charge in [0, 0.05) is 30.6 Å². The summed E-state index contributed by atoms with van der Waals surface area (Å²) in [5, 5.41) is 13.5. The number of pyridine rings is 1. The van der Waals surface area contributed by atoms with Gasteiger partial charge in [-0.2, -0.15) is 4.98 Å². The number of aromatic nitrogens is 6. The molecule has 0 amide bonds. The summed E-state index contributed by atoms with van der Waals surface area (Å²) in [5.74, 6) is 1.95. The van der Waals surface area contributed by atoms with Crippen LogP contribution in [-0.4, -0.2) is 29.9 Å². The lowest BCUT2D eigenvalue weighted by molar-refractivity contribution is 0.423. The average Bonchev–Trinajstić information content (AvgIpc) is 3.31. The van der Waals surface area contributed by atoms with Crippen molar-refractivity contribution >= 4 is 11.8 Å². The van der Waals surface area contributed by atoms with E-state index in [1.165, 1.54) is 11.8 Å². The van der Waals surface area contributed by atoms with Crippen LogP contribution >= 0.6 is 11.8 Å². The molecule has 0 fully saturated rings. The maximum absolute atomic E-state index is 5.45. The third kappa shape index (κ3) is 3.61. The lowest BCUT2D eigenvalue weighted by atomic mass is 10.1. The molecule has 0 saturated carbocycles. The van der Waals surface area contributed by atoms with Gasteiger partial charge in [-0.1, -0.05) is 34.6 Å². The number of nitrogens with zero attached hydrogens (tertiary/aromatic N) is 6. The standard InChI is InChI=1S/C19H18N6OS/c1-12-5-4-6-15(11-12)18-21-16(24-26-18)13(2)27-19-23-22-17(25(19)3)14-7-9-20-10-8-14/h4-11,13H,1-3H3. The molecule has 1 unspecified atom stereocenters. The van der Waals surface area contributed by atoms with Crippen LogP contribution in [-0.2, 0) is 7.05 Å². The number of thioether (sulfide) groups is 1. The van der Waals surface area contributed by atoms with Crippen molar-refractivity contribution in [2.45, 2.75) is 24.3 Å². The zero-order valence-corrected chi connectivity index (χ0v) is 16.0. The van der Waals surface area contributed by atoms with E-state index >= 15 is 0 Å². The summed E-state index contributed by atoms with van der Waals surface area (Å²) in [5.41, 5.74) is 3.04. The van der Waals surface area contributed by atoms with Crippen LogP contribution in [0.5, 0.6) is 0 Å². The van der Waals surface area contributed by atoms with Crippen molar-refractivity contribution in [2.75, 3.05) is 0 Å². The largest absolute Gasteiger partial charge is 0.334 e. The maximum atomic E-state index is 5.45. The summed E-state index contributed by atoms with van der Waals surface area (Å²) >= 11 is 1.54. The number of benzene rings is 1. The zero-order chi connectivity index (χ0) is 18.8. The molecule has 1 atom stereocenters. The fourth-order valence-corrected chi connectivity index (χ4v) is 3.53. The molecule has 8 heteroatoms. The van der Waals surface area contributed by atoms with Crippen LogP contribution in [0, 0.1) is 6.92 Å². The Kier molecular flexibility index (Phi) is 4.72. The Morgan fingerprint density at radius 1 is 1.07 bits per heavy atom. The molecule has 27 heavy (non-hydrogen) atoms. The van der Waals surface area contributed by atoms with Crippen LogP contribution in [0.3, 0.4) is 0 Å². The van der Waals surface area contributed by atoms with Gasteiger partial charge in [-0.05, 0) is 38.1 Å². The molecular formula is C19H18N6OS.